The van der Waals surface area contributed by atoms with Gasteiger partial charge in [0.25, 0.3) is 0 Å². The van der Waals surface area contributed by atoms with Crippen LogP contribution in [0.25, 0.3) is 0 Å². The highest BCUT2D eigenvalue weighted by Crippen LogP contribution is 2.41. The van der Waals surface area contributed by atoms with Crippen LogP contribution >= 0.6 is 0 Å². The third-order valence-corrected chi connectivity index (χ3v) is 5.19. The van der Waals surface area contributed by atoms with Crippen LogP contribution in [-0.2, 0) is 0 Å². The standard InChI is InChI=1S/C21H28F2O2/c1-3-5-6-7-15-8-10-16(11-9-15)18-13-17(14-24)21(25-12-4-2)20(23)19(18)22/h4,13-16H,2-3,5-12H2,1H3/t15-,16-. The van der Waals surface area contributed by atoms with Gasteiger partial charge in [-0.05, 0) is 49.1 Å². The smallest absolute Gasteiger partial charge is 0.201 e. The molecule has 0 spiro atoms. The van der Waals surface area contributed by atoms with Gasteiger partial charge >= 0.3 is 0 Å². The minimum absolute atomic E-state index is 0.0240. The fourth-order valence-corrected chi connectivity index (χ4v) is 3.77. The molecule has 0 N–H and O–H groups in total. The highest BCUT2D eigenvalue weighted by Gasteiger charge is 2.28. The minimum atomic E-state index is -1.06. The molecule has 0 bridgehead atoms. The van der Waals surface area contributed by atoms with E-state index in [1.54, 1.807) is 0 Å². The van der Waals surface area contributed by atoms with Crippen molar-refractivity contribution in [1.82, 2.24) is 0 Å². The van der Waals surface area contributed by atoms with Crippen molar-refractivity contribution in [3.63, 3.8) is 0 Å². The SMILES string of the molecule is C=CCOc1c(C=O)cc([C@H]2CC[C@H](CCCCC)CC2)c(F)c1F. The van der Waals surface area contributed by atoms with Crippen molar-refractivity contribution in [1.29, 1.82) is 0 Å². The number of hydrogen-bond donors (Lipinski definition) is 0. The van der Waals surface area contributed by atoms with Gasteiger partial charge in [-0.1, -0.05) is 45.3 Å². The molecule has 4 heteroatoms. The lowest BCUT2D eigenvalue weighted by Crippen LogP contribution is -2.16. The Hall–Kier alpha value is -1.71. The zero-order valence-electron chi connectivity index (χ0n) is 15.0. The summed E-state index contributed by atoms with van der Waals surface area (Å²) in [5, 5.41) is 0. The first-order valence-corrected chi connectivity index (χ1v) is 9.33. The molecular formula is C21H28F2O2. The predicted molar refractivity (Wildman–Crippen MR) is 96.3 cm³/mol. The van der Waals surface area contributed by atoms with E-state index in [2.05, 4.69) is 13.5 Å². The molecule has 0 amide bonds. The first kappa shape index (κ1) is 19.6. The van der Waals surface area contributed by atoms with Crippen molar-refractivity contribution in [2.75, 3.05) is 6.61 Å². The second-order valence-electron chi connectivity index (χ2n) is 6.94. The molecule has 1 aliphatic rings. The summed E-state index contributed by atoms with van der Waals surface area (Å²) < 4.78 is 34.1. The Bertz CT molecular complexity index is 590. The molecule has 0 aromatic heterocycles. The maximum atomic E-state index is 14.5. The fourth-order valence-electron chi connectivity index (χ4n) is 3.77. The Morgan fingerprint density at radius 1 is 1.20 bits per heavy atom. The Morgan fingerprint density at radius 3 is 2.52 bits per heavy atom. The number of halogens is 2. The van der Waals surface area contributed by atoms with E-state index in [4.69, 9.17) is 4.74 Å². The van der Waals surface area contributed by atoms with E-state index in [1.165, 1.54) is 37.8 Å². The summed E-state index contributed by atoms with van der Waals surface area (Å²) in [4.78, 5) is 11.3. The molecule has 0 heterocycles. The molecule has 1 fully saturated rings. The zero-order chi connectivity index (χ0) is 18.2. The molecule has 0 aliphatic heterocycles. The Balaban J connectivity index is 2.11. The van der Waals surface area contributed by atoms with Gasteiger partial charge in [0.05, 0.1) is 5.56 Å². The van der Waals surface area contributed by atoms with Gasteiger partial charge in [-0.25, -0.2) is 4.39 Å². The van der Waals surface area contributed by atoms with Gasteiger partial charge in [-0.15, -0.1) is 0 Å². The van der Waals surface area contributed by atoms with Crippen LogP contribution in [0.5, 0.6) is 5.75 Å². The number of rotatable bonds is 9. The molecule has 25 heavy (non-hydrogen) atoms. The van der Waals surface area contributed by atoms with E-state index < -0.39 is 11.6 Å². The molecule has 1 aromatic rings. The first-order chi connectivity index (χ1) is 12.1. The Labute approximate surface area is 149 Å². The van der Waals surface area contributed by atoms with Crippen LogP contribution in [0.15, 0.2) is 18.7 Å². The maximum absolute atomic E-state index is 14.5. The van der Waals surface area contributed by atoms with Crippen LogP contribution in [0.2, 0.25) is 0 Å². The third-order valence-electron chi connectivity index (χ3n) is 5.19. The van der Waals surface area contributed by atoms with Gasteiger partial charge in [0, 0.05) is 0 Å². The van der Waals surface area contributed by atoms with Crippen molar-refractivity contribution >= 4 is 6.29 Å². The molecule has 1 saturated carbocycles. The molecule has 2 rings (SSSR count). The van der Waals surface area contributed by atoms with E-state index >= 15 is 0 Å². The highest BCUT2D eigenvalue weighted by atomic mass is 19.2. The number of carbonyl (C=O) groups excluding carboxylic acids is 1. The van der Waals surface area contributed by atoms with Crippen LogP contribution in [-0.4, -0.2) is 12.9 Å². The number of benzene rings is 1. The number of unbranched alkanes of at least 4 members (excludes halogenated alkanes) is 2. The van der Waals surface area contributed by atoms with Crippen LogP contribution in [0.1, 0.15) is 80.1 Å². The zero-order valence-corrected chi connectivity index (χ0v) is 15.0. The van der Waals surface area contributed by atoms with Crippen LogP contribution in [0.3, 0.4) is 0 Å². The van der Waals surface area contributed by atoms with Gasteiger partial charge in [-0.3, -0.25) is 4.79 Å². The van der Waals surface area contributed by atoms with Gasteiger partial charge < -0.3 is 4.74 Å². The molecule has 138 valence electrons. The van der Waals surface area contributed by atoms with Crippen molar-refractivity contribution in [3.05, 3.63) is 41.5 Å². The minimum Gasteiger partial charge on any atom is -0.486 e. The van der Waals surface area contributed by atoms with Crippen molar-refractivity contribution in [3.8, 4) is 5.75 Å². The highest BCUT2D eigenvalue weighted by molar-refractivity contribution is 5.80. The van der Waals surface area contributed by atoms with Gasteiger partial charge in [-0.2, -0.15) is 4.39 Å². The summed E-state index contributed by atoms with van der Waals surface area (Å²) in [5.74, 6) is -1.59. The average Bonchev–Trinajstić information content (AvgIpc) is 2.64. The molecular weight excluding hydrogens is 322 g/mol. The summed E-state index contributed by atoms with van der Waals surface area (Å²) in [6.07, 6.45) is 10.7. The number of hydrogen-bond acceptors (Lipinski definition) is 2. The van der Waals surface area contributed by atoms with Crippen LogP contribution in [0.4, 0.5) is 8.78 Å². The molecule has 0 atom stereocenters. The summed E-state index contributed by atoms with van der Waals surface area (Å²) in [5.41, 5.74) is 0.387. The first-order valence-electron chi connectivity index (χ1n) is 9.33. The van der Waals surface area contributed by atoms with E-state index in [1.807, 2.05) is 0 Å². The van der Waals surface area contributed by atoms with Crippen LogP contribution in [0, 0.1) is 17.6 Å². The lowest BCUT2D eigenvalue weighted by atomic mass is 9.76. The quantitative estimate of drug-likeness (QED) is 0.301. The van der Waals surface area contributed by atoms with Crippen LogP contribution < -0.4 is 4.74 Å². The van der Waals surface area contributed by atoms with Gasteiger partial charge in [0.1, 0.15) is 6.61 Å². The fraction of sp³-hybridized carbons (Fsp3) is 0.571. The number of aldehydes is 1. The van der Waals surface area contributed by atoms with E-state index in [0.717, 1.165) is 25.7 Å². The molecule has 1 aromatic carbocycles. The molecule has 1 aliphatic carbocycles. The molecule has 0 unspecified atom stereocenters. The lowest BCUT2D eigenvalue weighted by Gasteiger charge is -2.29. The summed E-state index contributed by atoms with van der Waals surface area (Å²) in [6.45, 7) is 5.70. The topological polar surface area (TPSA) is 26.3 Å². The molecule has 2 nitrogen and oxygen atoms in total. The number of ether oxygens (including phenoxy) is 1. The monoisotopic (exact) mass is 350 g/mol. The average molecular weight is 350 g/mol. The Kier molecular flexibility index (Phi) is 7.60. The van der Waals surface area contributed by atoms with Crippen molar-refractivity contribution < 1.29 is 18.3 Å². The number of carbonyl (C=O) groups is 1. The summed E-state index contributed by atoms with van der Waals surface area (Å²) in [7, 11) is 0. The maximum Gasteiger partial charge on any atom is 0.201 e. The normalized spacial score (nSPS) is 20.3. The Morgan fingerprint density at radius 2 is 1.92 bits per heavy atom. The lowest BCUT2D eigenvalue weighted by molar-refractivity contribution is 0.111. The second kappa shape index (κ2) is 9.69. The van der Waals surface area contributed by atoms with Crippen molar-refractivity contribution in [2.45, 2.75) is 64.2 Å². The summed E-state index contributed by atoms with van der Waals surface area (Å²) >= 11 is 0. The predicted octanol–water partition coefficient (Wildman–Crippen LogP) is 6.20. The van der Waals surface area contributed by atoms with Gasteiger partial charge in [0.2, 0.25) is 5.82 Å². The van der Waals surface area contributed by atoms with Crippen molar-refractivity contribution in [2.24, 2.45) is 5.92 Å². The molecule has 0 saturated heterocycles. The summed E-state index contributed by atoms with van der Waals surface area (Å²) in [6, 6.07) is 1.46. The third kappa shape index (κ3) is 4.90. The van der Waals surface area contributed by atoms with E-state index in [0.29, 0.717) is 17.8 Å². The van der Waals surface area contributed by atoms with E-state index in [-0.39, 0.29) is 23.8 Å². The van der Waals surface area contributed by atoms with Gasteiger partial charge in [0.15, 0.2) is 17.9 Å². The second-order valence-corrected chi connectivity index (χ2v) is 6.94. The van der Waals surface area contributed by atoms with E-state index in [9.17, 15) is 13.6 Å². The largest absolute Gasteiger partial charge is 0.486 e. The molecule has 0 radical (unpaired) electrons.